The number of amides is 1. The first-order valence-electron chi connectivity index (χ1n) is 9.12. The molecule has 6 heteroatoms. The minimum atomic E-state index is -0.217. The first-order valence-corrected chi connectivity index (χ1v) is 9.94. The largest absolute Gasteiger partial charge is 0.494 e. The molecule has 0 aliphatic carbocycles. The van der Waals surface area contributed by atoms with Gasteiger partial charge in [0, 0.05) is 22.3 Å². The molecule has 2 aromatic heterocycles. The van der Waals surface area contributed by atoms with E-state index in [1.807, 2.05) is 58.0 Å². The Kier molecular flexibility index (Phi) is 5.65. The standard InChI is InChI=1S/C21H24N2O3S/c1-5-23-12-11-17-19(21(23)25)18(14(4)27-17)20(24)22-13(3)15-7-9-16(10-8-15)26-6-2/h7-13H,5-6H2,1-4H3,(H,22,24). The summed E-state index contributed by atoms with van der Waals surface area (Å²) in [6, 6.07) is 9.40. The molecule has 1 unspecified atom stereocenters. The molecule has 0 saturated heterocycles. The van der Waals surface area contributed by atoms with Crippen molar-refractivity contribution in [2.24, 2.45) is 0 Å². The number of hydrogen-bond acceptors (Lipinski definition) is 4. The van der Waals surface area contributed by atoms with E-state index >= 15 is 0 Å². The van der Waals surface area contributed by atoms with E-state index in [-0.39, 0.29) is 17.5 Å². The summed E-state index contributed by atoms with van der Waals surface area (Å²) in [7, 11) is 0. The number of nitrogens with zero attached hydrogens (tertiary/aromatic N) is 1. The summed E-state index contributed by atoms with van der Waals surface area (Å²) in [5.41, 5.74) is 1.36. The van der Waals surface area contributed by atoms with Crippen LogP contribution in [0.4, 0.5) is 0 Å². The quantitative estimate of drug-likeness (QED) is 0.690. The van der Waals surface area contributed by atoms with E-state index in [1.54, 1.807) is 10.8 Å². The van der Waals surface area contributed by atoms with Crippen LogP contribution in [0.5, 0.6) is 5.75 Å². The molecule has 0 fully saturated rings. The van der Waals surface area contributed by atoms with Gasteiger partial charge < -0.3 is 14.6 Å². The van der Waals surface area contributed by atoms with Crippen LogP contribution in [0.2, 0.25) is 0 Å². The second-order valence-corrected chi connectivity index (χ2v) is 7.63. The van der Waals surface area contributed by atoms with Gasteiger partial charge in [0.25, 0.3) is 11.5 Å². The van der Waals surface area contributed by atoms with Crippen LogP contribution in [0.3, 0.4) is 0 Å². The SMILES string of the molecule is CCOc1ccc(C(C)NC(=O)c2c(C)sc3ccn(CC)c(=O)c23)cc1. The summed E-state index contributed by atoms with van der Waals surface area (Å²) in [4.78, 5) is 26.6. The smallest absolute Gasteiger partial charge is 0.260 e. The summed E-state index contributed by atoms with van der Waals surface area (Å²) in [6.07, 6.45) is 1.78. The second kappa shape index (κ2) is 7.96. The number of aryl methyl sites for hydroxylation is 2. The Labute approximate surface area is 162 Å². The molecule has 5 nitrogen and oxygen atoms in total. The lowest BCUT2D eigenvalue weighted by Crippen LogP contribution is -2.28. The molecular weight excluding hydrogens is 360 g/mol. The van der Waals surface area contributed by atoms with Gasteiger partial charge in [-0.15, -0.1) is 11.3 Å². The van der Waals surface area contributed by atoms with Gasteiger partial charge in [0.05, 0.1) is 23.6 Å². The number of benzene rings is 1. The number of pyridine rings is 1. The molecule has 0 radical (unpaired) electrons. The van der Waals surface area contributed by atoms with Crippen LogP contribution in [0, 0.1) is 6.92 Å². The number of carbonyl (C=O) groups excluding carboxylic acids is 1. The number of aromatic nitrogens is 1. The van der Waals surface area contributed by atoms with Gasteiger partial charge >= 0.3 is 0 Å². The van der Waals surface area contributed by atoms with Crippen molar-refractivity contribution in [1.29, 1.82) is 0 Å². The van der Waals surface area contributed by atoms with E-state index < -0.39 is 0 Å². The summed E-state index contributed by atoms with van der Waals surface area (Å²) in [6.45, 7) is 8.87. The van der Waals surface area contributed by atoms with Gasteiger partial charge in [-0.05, 0) is 51.5 Å². The van der Waals surface area contributed by atoms with Crippen molar-refractivity contribution >= 4 is 27.3 Å². The molecule has 2 heterocycles. The van der Waals surface area contributed by atoms with Gasteiger partial charge in [-0.1, -0.05) is 12.1 Å². The number of fused-ring (bicyclic) bond motifs is 1. The van der Waals surface area contributed by atoms with Crippen LogP contribution >= 0.6 is 11.3 Å². The Hall–Kier alpha value is -2.60. The number of nitrogens with one attached hydrogen (secondary N) is 1. The molecular formula is C21H24N2O3S. The third kappa shape index (κ3) is 3.76. The molecule has 0 saturated carbocycles. The molecule has 27 heavy (non-hydrogen) atoms. The van der Waals surface area contributed by atoms with E-state index in [0.717, 1.165) is 20.9 Å². The topological polar surface area (TPSA) is 60.3 Å². The van der Waals surface area contributed by atoms with Crippen LogP contribution in [-0.4, -0.2) is 17.1 Å². The van der Waals surface area contributed by atoms with Crippen molar-refractivity contribution in [3.63, 3.8) is 0 Å². The number of hydrogen-bond donors (Lipinski definition) is 1. The predicted octanol–water partition coefficient (Wildman–Crippen LogP) is 4.28. The molecule has 142 valence electrons. The van der Waals surface area contributed by atoms with Crippen LogP contribution < -0.4 is 15.6 Å². The Morgan fingerprint density at radius 3 is 2.56 bits per heavy atom. The van der Waals surface area contributed by atoms with Gasteiger partial charge in [-0.3, -0.25) is 9.59 Å². The maximum atomic E-state index is 13.0. The van der Waals surface area contributed by atoms with E-state index in [0.29, 0.717) is 24.1 Å². The lowest BCUT2D eigenvalue weighted by atomic mass is 10.1. The molecule has 0 spiro atoms. The van der Waals surface area contributed by atoms with Crippen molar-refractivity contribution in [1.82, 2.24) is 9.88 Å². The number of ether oxygens (including phenoxy) is 1. The molecule has 1 amide bonds. The third-order valence-corrected chi connectivity index (χ3v) is 5.67. The van der Waals surface area contributed by atoms with E-state index in [1.165, 1.54) is 11.3 Å². The Bertz CT molecular complexity index is 1020. The van der Waals surface area contributed by atoms with Gasteiger partial charge in [0.15, 0.2) is 0 Å². The molecule has 1 N–H and O–H groups in total. The van der Waals surface area contributed by atoms with Crippen molar-refractivity contribution < 1.29 is 9.53 Å². The zero-order chi connectivity index (χ0) is 19.6. The fourth-order valence-electron chi connectivity index (χ4n) is 3.16. The van der Waals surface area contributed by atoms with Gasteiger partial charge in [0.2, 0.25) is 0 Å². The summed E-state index contributed by atoms with van der Waals surface area (Å²) in [5.74, 6) is 0.589. The highest BCUT2D eigenvalue weighted by Crippen LogP contribution is 2.29. The first kappa shape index (κ1) is 19.2. The minimum Gasteiger partial charge on any atom is -0.494 e. The zero-order valence-corrected chi connectivity index (χ0v) is 16.9. The summed E-state index contributed by atoms with van der Waals surface area (Å²) < 4.78 is 7.93. The van der Waals surface area contributed by atoms with Crippen LogP contribution in [0.1, 0.15) is 47.6 Å². The molecule has 1 atom stereocenters. The van der Waals surface area contributed by atoms with Gasteiger partial charge in [0.1, 0.15) is 5.75 Å². The molecule has 0 aliphatic rings. The molecule has 0 aliphatic heterocycles. The molecule has 3 aromatic rings. The van der Waals surface area contributed by atoms with Crippen molar-refractivity contribution in [2.45, 2.75) is 40.3 Å². The van der Waals surface area contributed by atoms with Crippen LogP contribution in [0.15, 0.2) is 41.3 Å². The predicted molar refractivity (Wildman–Crippen MR) is 110 cm³/mol. The second-order valence-electron chi connectivity index (χ2n) is 6.38. The van der Waals surface area contributed by atoms with E-state index in [4.69, 9.17) is 4.74 Å². The maximum Gasteiger partial charge on any atom is 0.260 e. The fourth-order valence-corrected chi connectivity index (χ4v) is 4.21. The highest BCUT2D eigenvalue weighted by Gasteiger charge is 2.21. The Morgan fingerprint density at radius 1 is 1.22 bits per heavy atom. The fraction of sp³-hybridized carbons (Fsp3) is 0.333. The Morgan fingerprint density at radius 2 is 1.93 bits per heavy atom. The van der Waals surface area contributed by atoms with Crippen molar-refractivity contribution in [3.05, 3.63) is 62.9 Å². The lowest BCUT2D eigenvalue weighted by Gasteiger charge is -2.15. The average Bonchev–Trinajstić information content (AvgIpc) is 3.00. The van der Waals surface area contributed by atoms with Crippen molar-refractivity contribution in [2.75, 3.05) is 6.61 Å². The van der Waals surface area contributed by atoms with Crippen LogP contribution in [0.25, 0.3) is 10.1 Å². The number of carbonyl (C=O) groups is 1. The van der Waals surface area contributed by atoms with Crippen LogP contribution in [-0.2, 0) is 6.54 Å². The maximum absolute atomic E-state index is 13.0. The van der Waals surface area contributed by atoms with E-state index in [2.05, 4.69) is 5.32 Å². The van der Waals surface area contributed by atoms with Gasteiger partial charge in [-0.25, -0.2) is 0 Å². The third-order valence-electron chi connectivity index (χ3n) is 4.60. The molecule has 3 rings (SSSR count). The first-order chi connectivity index (χ1) is 13.0. The monoisotopic (exact) mass is 384 g/mol. The summed E-state index contributed by atoms with van der Waals surface area (Å²) >= 11 is 1.48. The van der Waals surface area contributed by atoms with Crippen molar-refractivity contribution in [3.8, 4) is 5.75 Å². The average molecular weight is 385 g/mol. The highest BCUT2D eigenvalue weighted by atomic mass is 32.1. The zero-order valence-electron chi connectivity index (χ0n) is 16.0. The van der Waals surface area contributed by atoms with E-state index in [9.17, 15) is 9.59 Å². The Balaban J connectivity index is 1.89. The molecule has 1 aromatic carbocycles. The minimum absolute atomic E-state index is 0.113. The summed E-state index contributed by atoms with van der Waals surface area (Å²) in [5, 5.41) is 3.54. The number of rotatable bonds is 6. The lowest BCUT2D eigenvalue weighted by molar-refractivity contribution is 0.0941. The normalized spacial score (nSPS) is 12.1. The van der Waals surface area contributed by atoms with Gasteiger partial charge in [-0.2, -0.15) is 0 Å². The number of thiophene rings is 1. The molecule has 0 bridgehead atoms. The highest BCUT2D eigenvalue weighted by molar-refractivity contribution is 7.19.